The molecule has 0 aliphatic rings. The molecule has 5 N–H and O–H groups in total. The van der Waals surface area contributed by atoms with Gasteiger partial charge < -0.3 is 26.2 Å². The zero-order chi connectivity index (χ0) is 18.1. The second-order valence-corrected chi connectivity index (χ2v) is 6.78. The van der Waals surface area contributed by atoms with Gasteiger partial charge in [-0.05, 0) is 36.6 Å². The third-order valence-electron chi connectivity index (χ3n) is 3.15. The minimum absolute atomic E-state index is 0.0695. The van der Waals surface area contributed by atoms with Gasteiger partial charge in [0.15, 0.2) is 0 Å². The Labute approximate surface area is 150 Å². The van der Waals surface area contributed by atoms with Crippen molar-refractivity contribution < 1.29 is 19.8 Å². The highest BCUT2D eigenvalue weighted by Crippen LogP contribution is 2.14. The Morgan fingerprint density at radius 2 is 1.83 bits per heavy atom. The highest BCUT2D eigenvalue weighted by molar-refractivity contribution is 9.10. The van der Waals surface area contributed by atoms with E-state index in [0.717, 1.165) is 4.47 Å². The van der Waals surface area contributed by atoms with Gasteiger partial charge in [-0.2, -0.15) is 0 Å². The van der Waals surface area contributed by atoms with Gasteiger partial charge in [-0.15, -0.1) is 0 Å². The van der Waals surface area contributed by atoms with Crippen LogP contribution in [0.2, 0.25) is 0 Å². The molecule has 134 valence electrons. The molecule has 0 spiro atoms. The van der Waals surface area contributed by atoms with Gasteiger partial charge in [-0.1, -0.05) is 29.8 Å². The van der Waals surface area contributed by atoms with Crippen LogP contribution in [0.4, 0.5) is 10.5 Å². The fraction of sp³-hybridized carbons (Fsp3) is 0.500. The predicted octanol–water partition coefficient (Wildman–Crippen LogP) is 1.45. The van der Waals surface area contributed by atoms with Crippen LogP contribution in [-0.2, 0) is 4.79 Å². The summed E-state index contributed by atoms with van der Waals surface area (Å²) < 4.78 is 0.896. The molecule has 8 heteroatoms. The monoisotopic (exact) mass is 401 g/mol. The highest BCUT2D eigenvalue weighted by atomic mass is 79.9. The Kier molecular flexibility index (Phi) is 8.73. The van der Waals surface area contributed by atoms with Crippen molar-refractivity contribution in [1.29, 1.82) is 0 Å². The van der Waals surface area contributed by atoms with Gasteiger partial charge in [-0.3, -0.25) is 4.79 Å². The van der Waals surface area contributed by atoms with Crippen LogP contribution in [0.3, 0.4) is 0 Å². The lowest BCUT2D eigenvalue weighted by Gasteiger charge is -2.21. The van der Waals surface area contributed by atoms with Crippen molar-refractivity contribution in [2.75, 3.05) is 18.5 Å². The average molecular weight is 402 g/mol. The van der Waals surface area contributed by atoms with Gasteiger partial charge in [-0.25, -0.2) is 4.79 Å². The highest BCUT2D eigenvalue weighted by Gasteiger charge is 2.22. The summed E-state index contributed by atoms with van der Waals surface area (Å²) in [4.78, 5) is 24.3. The third-order valence-corrected chi connectivity index (χ3v) is 3.68. The summed E-state index contributed by atoms with van der Waals surface area (Å²) in [5, 5.41) is 25.9. The van der Waals surface area contributed by atoms with Crippen LogP contribution in [0.15, 0.2) is 28.7 Å². The minimum atomic E-state index is -1.02. The van der Waals surface area contributed by atoms with Crippen molar-refractivity contribution in [2.24, 2.45) is 5.92 Å². The second kappa shape index (κ2) is 10.3. The lowest BCUT2D eigenvalue weighted by molar-refractivity contribution is -0.123. The number of hydrogen-bond donors (Lipinski definition) is 5. The summed E-state index contributed by atoms with van der Waals surface area (Å²) in [7, 11) is 0. The Morgan fingerprint density at radius 3 is 2.38 bits per heavy atom. The van der Waals surface area contributed by atoms with E-state index < -0.39 is 30.7 Å². The Hall–Kier alpha value is -1.64. The van der Waals surface area contributed by atoms with E-state index in [1.54, 1.807) is 24.3 Å². The van der Waals surface area contributed by atoms with Gasteiger partial charge in [0.1, 0.15) is 6.04 Å². The number of anilines is 1. The topological polar surface area (TPSA) is 111 Å². The van der Waals surface area contributed by atoms with Gasteiger partial charge in [0.05, 0.1) is 12.7 Å². The van der Waals surface area contributed by atoms with Crippen molar-refractivity contribution in [3.63, 3.8) is 0 Å². The lowest BCUT2D eigenvalue weighted by Crippen LogP contribution is -2.50. The van der Waals surface area contributed by atoms with Crippen LogP contribution in [-0.4, -0.2) is 47.4 Å². The van der Waals surface area contributed by atoms with Crippen LogP contribution in [0.1, 0.15) is 20.3 Å². The number of rotatable bonds is 8. The number of carbonyl (C=O) groups is 2. The molecule has 0 bridgehead atoms. The number of carbonyl (C=O) groups excluding carboxylic acids is 2. The van der Waals surface area contributed by atoms with Crippen LogP contribution >= 0.6 is 15.9 Å². The van der Waals surface area contributed by atoms with E-state index in [2.05, 4.69) is 31.9 Å². The van der Waals surface area contributed by atoms with Crippen molar-refractivity contribution in [2.45, 2.75) is 32.4 Å². The second-order valence-electron chi connectivity index (χ2n) is 5.87. The Morgan fingerprint density at radius 1 is 1.21 bits per heavy atom. The normalized spacial score (nSPS) is 13.2. The molecule has 3 amide bonds. The Balaban J connectivity index is 2.61. The summed E-state index contributed by atoms with van der Waals surface area (Å²) in [6.45, 7) is 3.38. The summed E-state index contributed by atoms with van der Waals surface area (Å²) >= 11 is 3.31. The molecule has 1 aromatic rings. The molecule has 2 atom stereocenters. The molecule has 0 aliphatic heterocycles. The van der Waals surface area contributed by atoms with Crippen molar-refractivity contribution in [1.82, 2.24) is 10.6 Å². The van der Waals surface area contributed by atoms with E-state index in [-0.39, 0.29) is 12.5 Å². The summed E-state index contributed by atoms with van der Waals surface area (Å²) in [6, 6.07) is 5.85. The smallest absolute Gasteiger partial charge is 0.319 e. The van der Waals surface area contributed by atoms with Crippen LogP contribution in [0.5, 0.6) is 0 Å². The maximum absolute atomic E-state index is 12.2. The first-order chi connectivity index (χ1) is 11.3. The zero-order valence-corrected chi connectivity index (χ0v) is 15.3. The third kappa shape index (κ3) is 7.76. The lowest BCUT2D eigenvalue weighted by atomic mass is 10.0. The van der Waals surface area contributed by atoms with Gasteiger partial charge in [0.25, 0.3) is 0 Å². The molecule has 0 aliphatic carbocycles. The number of nitrogens with one attached hydrogen (secondary N) is 3. The number of hydrogen-bond acceptors (Lipinski definition) is 4. The van der Waals surface area contributed by atoms with E-state index in [1.165, 1.54) is 0 Å². The number of halogens is 1. The van der Waals surface area contributed by atoms with Crippen molar-refractivity contribution in [3.8, 4) is 0 Å². The minimum Gasteiger partial charge on any atom is -0.394 e. The number of amides is 3. The molecule has 0 fully saturated rings. The molecule has 0 heterocycles. The van der Waals surface area contributed by atoms with Gasteiger partial charge in [0.2, 0.25) is 5.91 Å². The maximum atomic E-state index is 12.2. The van der Waals surface area contributed by atoms with E-state index in [1.807, 2.05) is 13.8 Å². The van der Waals surface area contributed by atoms with Gasteiger partial charge in [0, 0.05) is 16.7 Å². The molecule has 1 aromatic carbocycles. The summed E-state index contributed by atoms with van der Waals surface area (Å²) in [5.41, 5.74) is 0.607. The first kappa shape index (κ1) is 20.4. The number of benzene rings is 1. The molecular formula is C16H24BrN3O4. The first-order valence-electron chi connectivity index (χ1n) is 7.71. The Bertz CT molecular complexity index is 537. The molecular weight excluding hydrogens is 378 g/mol. The summed E-state index contributed by atoms with van der Waals surface area (Å²) in [5.74, 6) is -0.210. The molecule has 1 rings (SSSR count). The first-order valence-corrected chi connectivity index (χ1v) is 8.50. The standard InChI is InChI=1S/C16H24BrN3O4/c1-10(2)7-14(15(23)18-8-13(22)9-21)20-16(24)19-12-5-3-11(17)4-6-12/h3-6,10,13-14,21-22H,7-9H2,1-2H3,(H,18,23)(H2,19,20,24)/t13?,14-/m0/s1. The van der Waals surface area contributed by atoms with Gasteiger partial charge >= 0.3 is 6.03 Å². The van der Waals surface area contributed by atoms with Crippen LogP contribution in [0.25, 0.3) is 0 Å². The molecule has 0 saturated carbocycles. The van der Waals surface area contributed by atoms with Crippen molar-refractivity contribution >= 4 is 33.6 Å². The van der Waals surface area contributed by atoms with E-state index in [9.17, 15) is 14.7 Å². The molecule has 0 aromatic heterocycles. The summed E-state index contributed by atoms with van der Waals surface area (Å²) in [6.07, 6.45) is -0.570. The van der Waals surface area contributed by atoms with E-state index in [4.69, 9.17) is 5.11 Å². The fourth-order valence-corrected chi connectivity index (χ4v) is 2.23. The number of aliphatic hydroxyl groups is 2. The average Bonchev–Trinajstić information content (AvgIpc) is 2.53. The number of urea groups is 1. The van der Waals surface area contributed by atoms with Crippen molar-refractivity contribution in [3.05, 3.63) is 28.7 Å². The number of aliphatic hydroxyl groups excluding tert-OH is 2. The SMILES string of the molecule is CC(C)C[C@H](NC(=O)Nc1ccc(Br)cc1)C(=O)NCC(O)CO. The van der Waals surface area contributed by atoms with Crippen LogP contribution in [0, 0.1) is 5.92 Å². The largest absolute Gasteiger partial charge is 0.394 e. The quantitative estimate of drug-likeness (QED) is 0.453. The fourth-order valence-electron chi connectivity index (χ4n) is 1.97. The van der Waals surface area contributed by atoms with Crippen LogP contribution < -0.4 is 16.0 Å². The maximum Gasteiger partial charge on any atom is 0.319 e. The van der Waals surface area contributed by atoms with E-state index in [0.29, 0.717) is 12.1 Å². The van der Waals surface area contributed by atoms with E-state index >= 15 is 0 Å². The molecule has 7 nitrogen and oxygen atoms in total. The predicted molar refractivity (Wildman–Crippen MR) is 95.6 cm³/mol. The zero-order valence-electron chi connectivity index (χ0n) is 13.8. The molecule has 0 radical (unpaired) electrons. The molecule has 24 heavy (non-hydrogen) atoms. The molecule has 0 saturated heterocycles. The molecule has 1 unspecified atom stereocenters.